The van der Waals surface area contributed by atoms with Crippen LogP contribution in [0.2, 0.25) is 0 Å². The van der Waals surface area contributed by atoms with Gasteiger partial charge in [0.15, 0.2) is 0 Å². The maximum absolute atomic E-state index is 12.8. The Morgan fingerprint density at radius 3 is 2.54 bits per heavy atom. The molecule has 1 aromatic heterocycles. The molecule has 0 bridgehead atoms. The number of anilines is 1. The van der Waals surface area contributed by atoms with E-state index in [2.05, 4.69) is 48.2 Å². The number of carbonyl (C=O) groups excluding carboxylic acids is 1. The molecule has 0 spiro atoms. The van der Waals surface area contributed by atoms with E-state index in [1.165, 1.54) is 0 Å². The number of rotatable bonds is 8. The third kappa shape index (κ3) is 5.20. The van der Waals surface area contributed by atoms with Crippen molar-refractivity contribution < 1.29 is 9.90 Å². The van der Waals surface area contributed by atoms with Crippen molar-refractivity contribution in [1.29, 1.82) is 0 Å². The molecule has 3 rings (SSSR count). The predicted octanol–water partition coefficient (Wildman–Crippen LogP) is 2.93. The van der Waals surface area contributed by atoms with Crippen molar-refractivity contribution in [3.63, 3.8) is 0 Å². The maximum atomic E-state index is 12.8. The lowest BCUT2D eigenvalue weighted by Gasteiger charge is -2.30. The summed E-state index contributed by atoms with van der Waals surface area (Å²) in [4.78, 5) is 14.9. The summed E-state index contributed by atoms with van der Waals surface area (Å²) in [5.41, 5.74) is 2.01. The van der Waals surface area contributed by atoms with E-state index in [0.29, 0.717) is 18.3 Å². The van der Waals surface area contributed by atoms with Crippen molar-refractivity contribution in [2.24, 2.45) is 13.0 Å². The molecule has 1 aliphatic rings. The number of benzene rings is 1. The van der Waals surface area contributed by atoms with Crippen LogP contribution in [0, 0.1) is 5.92 Å². The number of nitrogens with one attached hydrogen (secondary N) is 1. The van der Waals surface area contributed by atoms with E-state index in [9.17, 15) is 9.90 Å². The smallest absolute Gasteiger partial charge is 0.239 e. The van der Waals surface area contributed by atoms with Crippen LogP contribution in [-0.2, 0) is 23.8 Å². The number of aliphatic hydroxyl groups excluding tert-OH is 1. The van der Waals surface area contributed by atoms with Gasteiger partial charge in [-0.2, -0.15) is 5.10 Å². The summed E-state index contributed by atoms with van der Waals surface area (Å²) in [7, 11) is 1.84. The van der Waals surface area contributed by atoms with Crippen LogP contribution >= 0.6 is 0 Å². The zero-order chi connectivity index (χ0) is 20.3. The Hall–Kier alpha value is -2.18. The van der Waals surface area contributed by atoms with Gasteiger partial charge in [-0.05, 0) is 24.3 Å². The quantitative estimate of drug-likeness (QED) is 0.734. The molecule has 0 saturated heterocycles. The van der Waals surface area contributed by atoms with Gasteiger partial charge >= 0.3 is 0 Å². The summed E-state index contributed by atoms with van der Waals surface area (Å²) in [6.07, 6.45) is 2.24. The molecular weight excluding hydrogens is 352 g/mol. The first-order valence-electron chi connectivity index (χ1n) is 10.0. The lowest BCUT2D eigenvalue weighted by molar-refractivity contribution is -0.118. The first kappa shape index (κ1) is 20.6. The zero-order valence-corrected chi connectivity index (χ0v) is 17.4. The number of aryl methyl sites for hydroxylation is 1. The van der Waals surface area contributed by atoms with Crippen LogP contribution in [0.5, 0.6) is 0 Å². The number of aliphatic hydroxyl groups is 1. The highest BCUT2D eigenvalue weighted by Gasteiger charge is 2.35. The number of amides is 1. The van der Waals surface area contributed by atoms with E-state index in [1.807, 2.05) is 31.3 Å². The van der Waals surface area contributed by atoms with Crippen LogP contribution in [-0.4, -0.2) is 44.9 Å². The second kappa shape index (κ2) is 8.45. The third-order valence-corrected chi connectivity index (χ3v) is 5.31. The second-order valence-corrected chi connectivity index (χ2v) is 8.81. The van der Waals surface area contributed by atoms with Gasteiger partial charge in [-0.25, -0.2) is 0 Å². The minimum absolute atomic E-state index is 0.0163. The fourth-order valence-electron chi connectivity index (χ4n) is 3.47. The Labute approximate surface area is 167 Å². The minimum atomic E-state index is -0.0847. The highest BCUT2D eigenvalue weighted by atomic mass is 16.3. The molecule has 1 unspecified atom stereocenters. The van der Waals surface area contributed by atoms with Gasteiger partial charge in [-0.1, -0.05) is 51.1 Å². The number of carbonyl (C=O) groups is 1. The molecule has 1 saturated carbocycles. The molecule has 6 heteroatoms. The van der Waals surface area contributed by atoms with Crippen molar-refractivity contribution in [3.8, 4) is 0 Å². The van der Waals surface area contributed by atoms with Crippen molar-refractivity contribution in [3.05, 3.63) is 47.7 Å². The van der Waals surface area contributed by atoms with Crippen molar-refractivity contribution >= 4 is 11.7 Å². The topological polar surface area (TPSA) is 70.4 Å². The van der Waals surface area contributed by atoms with Gasteiger partial charge in [0.05, 0.1) is 18.8 Å². The van der Waals surface area contributed by atoms with E-state index in [0.717, 1.165) is 24.1 Å². The van der Waals surface area contributed by atoms with Crippen LogP contribution < -0.4 is 5.32 Å². The van der Waals surface area contributed by atoms with E-state index in [4.69, 9.17) is 0 Å². The van der Waals surface area contributed by atoms with Crippen LogP contribution in [0.25, 0.3) is 0 Å². The highest BCUT2D eigenvalue weighted by molar-refractivity contribution is 5.91. The first-order chi connectivity index (χ1) is 13.3. The molecule has 28 heavy (non-hydrogen) atoms. The molecule has 1 aliphatic carbocycles. The molecule has 6 nitrogen and oxygen atoms in total. The summed E-state index contributed by atoms with van der Waals surface area (Å²) in [6, 6.07) is 12.1. The summed E-state index contributed by atoms with van der Waals surface area (Å²) in [5, 5.41) is 17.5. The molecule has 1 amide bonds. The average Bonchev–Trinajstić information content (AvgIpc) is 3.39. The maximum Gasteiger partial charge on any atom is 0.239 e. The van der Waals surface area contributed by atoms with Gasteiger partial charge in [-0.3, -0.25) is 14.4 Å². The number of aromatic nitrogens is 2. The number of hydrogen-bond donors (Lipinski definition) is 2. The molecule has 1 fully saturated rings. The fraction of sp³-hybridized carbons (Fsp3) is 0.545. The minimum Gasteiger partial charge on any atom is -0.395 e. The second-order valence-electron chi connectivity index (χ2n) is 8.81. The molecule has 1 heterocycles. The van der Waals surface area contributed by atoms with Gasteiger partial charge in [-0.15, -0.1) is 0 Å². The Morgan fingerprint density at radius 2 is 2.00 bits per heavy atom. The van der Waals surface area contributed by atoms with Crippen LogP contribution in [0.15, 0.2) is 36.4 Å². The van der Waals surface area contributed by atoms with Gasteiger partial charge in [0.1, 0.15) is 5.82 Å². The summed E-state index contributed by atoms with van der Waals surface area (Å²) in [5.74, 6) is 1.09. The van der Waals surface area contributed by atoms with E-state index in [-0.39, 0.29) is 30.5 Å². The Bertz CT molecular complexity index is 791. The standard InChI is InChI=1S/C22H32N4O2/c1-22(2,3)19-12-20(25(4)24-19)23-21(28)14-26(18(15-27)17-10-11-17)13-16-8-6-5-7-9-16/h5-9,12,17-18,27H,10-11,13-15H2,1-4H3,(H,23,28). The Balaban J connectivity index is 1.71. The Morgan fingerprint density at radius 1 is 1.32 bits per heavy atom. The number of hydrogen-bond acceptors (Lipinski definition) is 4. The summed E-state index contributed by atoms with van der Waals surface area (Å²) >= 11 is 0. The average molecular weight is 385 g/mol. The SMILES string of the molecule is Cn1nc(C(C)(C)C)cc1NC(=O)CN(Cc1ccccc1)C(CO)C1CC1. The molecule has 0 aliphatic heterocycles. The summed E-state index contributed by atoms with van der Waals surface area (Å²) in [6.45, 7) is 7.27. The molecule has 1 aromatic carbocycles. The summed E-state index contributed by atoms with van der Waals surface area (Å²) < 4.78 is 1.71. The third-order valence-electron chi connectivity index (χ3n) is 5.31. The van der Waals surface area contributed by atoms with Crippen molar-refractivity contribution in [2.75, 3.05) is 18.5 Å². The van der Waals surface area contributed by atoms with Gasteiger partial charge in [0.2, 0.25) is 5.91 Å². The lowest BCUT2D eigenvalue weighted by Crippen LogP contribution is -2.43. The molecular formula is C22H32N4O2. The molecule has 1 atom stereocenters. The van der Waals surface area contributed by atoms with Gasteiger partial charge < -0.3 is 10.4 Å². The molecule has 2 N–H and O–H groups in total. The van der Waals surface area contributed by atoms with E-state index < -0.39 is 0 Å². The molecule has 0 radical (unpaired) electrons. The van der Waals surface area contributed by atoms with E-state index >= 15 is 0 Å². The first-order valence-corrected chi connectivity index (χ1v) is 10.0. The fourth-order valence-corrected chi connectivity index (χ4v) is 3.47. The molecule has 2 aromatic rings. The lowest BCUT2D eigenvalue weighted by atomic mass is 9.92. The van der Waals surface area contributed by atoms with Crippen LogP contribution in [0.1, 0.15) is 44.9 Å². The van der Waals surface area contributed by atoms with Gasteiger partial charge in [0.25, 0.3) is 0 Å². The monoisotopic (exact) mass is 384 g/mol. The Kier molecular flexibility index (Phi) is 6.20. The van der Waals surface area contributed by atoms with E-state index in [1.54, 1.807) is 4.68 Å². The van der Waals surface area contributed by atoms with Crippen LogP contribution in [0.3, 0.4) is 0 Å². The number of nitrogens with zero attached hydrogens (tertiary/aromatic N) is 3. The normalized spacial score (nSPS) is 15.6. The van der Waals surface area contributed by atoms with Crippen molar-refractivity contribution in [2.45, 2.75) is 51.6 Å². The van der Waals surface area contributed by atoms with Crippen LogP contribution in [0.4, 0.5) is 5.82 Å². The largest absolute Gasteiger partial charge is 0.395 e. The zero-order valence-electron chi connectivity index (χ0n) is 17.4. The van der Waals surface area contributed by atoms with Crippen molar-refractivity contribution in [1.82, 2.24) is 14.7 Å². The van der Waals surface area contributed by atoms with Gasteiger partial charge in [0, 0.05) is 31.1 Å². The molecule has 152 valence electrons. The highest BCUT2D eigenvalue weighted by Crippen LogP contribution is 2.35. The predicted molar refractivity (Wildman–Crippen MR) is 111 cm³/mol.